The Balaban J connectivity index is 4.45. The maximum Gasteiger partial charge on any atom is 0.329 e. The molecule has 0 aromatic rings. The van der Waals surface area contributed by atoms with Gasteiger partial charge >= 0.3 is 5.97 Å². The first-order chi connectivity index (χ1) is 9.80. The fraction of sp³-hybridized carbons (Fsp3) is 0.867. The molecule has 0 aromatic carbocycles. The van der Waals surface area contributed by atoms with Gasteiger partial charge in [-0.05, 0) is 66.6 Å². The lowest BCUT2D eigenvalue weighted by Gasteiger charge is -2.24. The van der Waals surface area contributed by atoms with Crippen LogP contribution in [0.5, 0.6) is 0 Å². The third kappa shape index (κ3) is 11.2. The van der Waals surface area contributed by atoms with Gasteiger partial charge in [-0.1, -0.05) is 0 Å². The van der Waals surface area contributed by atoms with Crippen LogP contribution in [0.1, 0.15) is 52.9 Å². The van der Waals surface area contributed by atoms with Gasteiger partial charge in [0.05, 0.1) is 0 Å². The van der Waals surface area contributed by atoms with E-state index in [2.05, 4.69) is 10.6 Å². The van der Waals surface area contributed by atoms with Crippen LogP contribution in [0.2, 0.25) is 0 Å². The maximum absolute atomic E-state index is 12.2. The number of nitrogens with one attached hydrogen (secondary N) is 2. The first-order valence-electron chi connectivity index (χ1n) is 7.67. The summed E-state index contributed by atoms with van der Waals surface area (Å²) in [5, 5.41) is 5.82. The molecule has 0 rings (SSSR count). The normalized spacial score (nSPS) is 12.8. The summed E-state index contributed by atoms with van der Waals surface area (Å²) in [5.74, 6) is -0.516. The molecule has 0 aliphatic heterocycles. The number of carbonyl (C=O) groups is 2. The molecule has 0 saturated carbocycles. The smallest absolute Gasteiger partial charge is 0.329 e. The summed E-state index contributed by atoms with van der Waals surface area (Å²) in [6.07, 6.45) is 3.35. The Morgan fingerprint density at radius 1 is 1.19 bits per heavy atom. The van der Waals surface area contributed by atoms with Gasteiger partial charge in [-0.15, -0.1) is 0 Å². The Bertz CT molecular complexity index is 314. The highest BCUT2D eigenvalue weighted by molar-refractivity contribution is 5.84. The number of nitrogens with two attached hydrogens (primary N) is 1. The highest BCUT2D eigenvalue weighted by Gasteiger charge is 2.26. The topological polar surface area (TPSA) is 93.5 Å². The summed E-state index contributed by atoms with van der Waals surface area (Å²) >= 11 is 0. The zero-order valence-electron chi connectivity index (χ0n) is 13.8. The quantitative estimate of drug-likeness (QED) is 0.412. The summed E-state index contributed by atoms with van der Waals surface area (Å²) in [6.45, 7) is 6.81. The van der Waals surface area contributed by atoms with Crippen molar-refractivity contribution in [2.45, 2.75) is 64.5 Å². The third-order valence-corrected chi connectivity index (χ3v) is 2.80. The van der Waals surface area contributed by atoms with Crippen molar-refractivity contribution < 1.29 is 14.3 Å². The number of carbonyl (C=O) groups excluding carboxylic acids is 2. The van der Waals surface area contributed by atoms with Crippen LogP contribution in [0.15, 0.2) is 0 Å². The van der Waals surface area contributed by atoms with Crippen molar-refractivity contribution >= 4 is 11.9 Å². The minimum absolute atomic E-state index is 0.148. The predicted molar refractivity (Wildman–Crippen MR) is 83.8 cm³/mol. The van der Waals surface area contributed by atoms with Crippen LogP contribution in [0, 0.1) is 0 Å². The second-order valence-electron chi connectivity index (χ2n) is 6.15. The van der Waals surface area contributed by atoms with Crippen LogP contribution in [0.3, 0.4) is 0 Å². The molecular weight excluding hydrogens is 270 g/mol. The van der Waals surface area contributed by atoms with Crippen LogP contribution < -0.4 is 16.4 Å². The monoisotopic (exact) mass is 301 g/mol. The molecule has 0 spiro atoms. The number of esters is 1. The molecule has 124 valence electrons. The molecule has 0 aliphatic rings. The largest absolute Gasteiger partial charge is 0.458 e. The van der Waals surface area contributed by atoms with E-state index in [-0.39, 0.29) is 11.9 Å². The van der Waals surface area contributed by atoms with Crippen LogP contribution in [-0.2, 0) is 14.3 Å². The predicted octanol–water partition coefficient (Wildman–Crippen LogP) is 0.942. The number of hydrogen-bond donors (Lipinski definition) is 3. The molecule has 0 aromatic heterocycles. The SMILES string of the molecule is CNCCCCC(NC(=O)CCCN)C(=O)OC(C)(C)C. The van der Waals surface area contributed by atoms with Crippen molar-refractivity contribution in [3.8, 4) is 0 Å². The van der Waals surface area contributed by atoms with E-state index in [4.69, 9.17) is 10.5 Å². The molecule has 6 heteroatoms. The summed E-state index contributed by atoms with van der Waals surface area (Å²) < 4.78 is 5.37. The number of ether oxygens (including phenoxy) is 1. The average Bonchev–Trinajstić information content (AvgIpc) is 2.37. The van der Waals surface area contributed by atoms with Crippen LogP contribution in [0.4, 0.5) is 0 Å². The van der Waals surface area contributed by atoms with Gasteiger partial charge < -0.3 is 21.1 Å². The molecule has 0 bridgehead atoms. The number of rotatable bonds is 10. The van der Waals surface area contributed by atoms with E-state index in [0.29, 0.717) is 25.8 Å². The van der Waals surface area contributed by atoms with E-state index in [1.165, 1.54) is 0 Å². The summed E-state index contributed by atoms with van der Waals surface area (Å²) in [4.78, 5) is 23.9. The highest BCUT2D eigenvalue weighted by Crippen LogP contribution is 2.11. The highest BCUT2D eigenvalue weighted by atomic mass is 16.6. The van der Waals surface area contributed by atoms with Crippen molar-refractivity contribution in [3.05, 3.63) is 0 Å². The van der Waals surface area contributed by atoms with E-state index in [1.807, 2.05) is 27.8 Å². The lowest BCUT2D eigenvalue weighted by molar-refractivity contribution is -0.158. The molecule has 4 N–H and O–H groups in total. The lowest BCUT2D eigenvalue weighted by Crippen LogP contribution is -2.44. The summed E-state index contributed by atoms with van der Waals surface area (Å²) in [5.41, 5.74) is 4.83. The molecule has 1 atom stereocenters. The fourth-order valence-electron chi connectivity index (χ4n) is 1.80. The van der Waals surface area contributed by atoms with Crippen LogP contribution in [0.25, 0.3) is 0 Å². The molecule has 1 unspecified atom stereocenters. The number of amides is 1. The molecule has 0 heterocycles. The molecule has 0 saturated heterocycles. The second kappa shape index (κ2) is 10.6. The van der Waals surface area contributed by atoms with Crippen molar-refractivity contribution in [2.75, 3.05) is 20.1 Å². The molecule has 1 amide bonds. The first-order valence-corrected chi connectivity index (χ1v) is 7.67. The first kappa shape index (κ1) is 19.9. The molecule has 0 fully saturated rings. The minimum atomic E-state index is -0.577. The Morgan fingerprint density at radius 3 is 2.38 bits per heavy atom. The van der Waals surface area contributed by atoms with Crippen molar-refractivity contribution in [2.24, 2.45) is 5.73 Å². The molecule has 6 nitrogen and oxygen atoms in total. The van der Waals surface area contributed by atoms with Crippen molar-refractivity contribution in [3.63, 3.8) is 0 Å². The third-order valence-electron chi connectivity index (χ3n) is 2.80. The molecular formula is C15H31N3O3. The standard InChI is InChI=1S/C15H31N3O3/c1-15(2,3)21-14(20)12(8-5-6-11-17-4)18-13(19)9-7-10-16/h12,17H,5-11,16H2,1-4H3,(H,18,19). The molecule has 21 heavy (non-hydrogen) atoms. The summed E-state index contributed by atoms with van der Waals surface area (Å²) in [6, 6.07) is -0.577. The van der Waals surface area contributed by atoms with E-state index in [9.17, 15) is 9.59 Å². The van der Waals surface area contributed by atoms with Gasteiger partial charge in [0, 0.05) is 6.42 Å². The van der Waals surface area contributed by atoms with Gasteiger partial charge in [-0.25, -0.2) is 4.79 Å². The second-order valence-corrected chi connectivity index (χ2v) is 6.15. The van der Waals surface area contributed by atoms with Crippen LogP contribution in [-0.4, -0.2) is 43.7 Å². The minimum Gasteiger partial charge on any atom is -0.458 e. The zero-order valence-corrected chi connectivity index (χ0v) is 13.8. The Labute approximate surface area is 128 Å². The summed E-state index contributed by atoms with van der Waals surface area (Å²) in [7, 11) is 1.89. The number of hydrogen-bond acceptors (Lipinski definition) is 5. The Morgan fingerprint density at radius 2 is 1.86 bits per heavy atom. The van der Waals surface area contributed by atoms with Gasteiger partial charge in [-0.3, -0.25) is 4.79 Å². The van der Waals surface area contributed by atoms with E-state index >= 15 is 0 Å². The van der Waals surface area contributed by atoms with Crippen molar-refractivity contribution in [1.29, 1.82) is 0 Å². The van der Waals surface area contributed by atoms with Gasteiger partial charge in [0.15, 0.2) is 0 Å². The van der Waals surface area contributed by atoms with Gasteiger partial charge in [0.2, 0.25) is 5.91 Å². The number of unbranched alkanes of at least 4 members (excludes halogenated alkanes) is 1. The lowest BCUT2D eigenvalue weighted by atomic mass is 10.1. The fourth-order valence-corrected chi connectivity index (χ4v) is 1.80. The molecule has 0 aliphatic carbocycles. The van der Waals surface area contributed by atoms with E-state index in [1.54, 1.807) is 0 Å². The van der Waals surface area contributed by atoms with Gasteiger partial charge in [-0.2, -0.15) is 0 Å². The average molecular weight is 301 g/mol. The molecule has 0 radical (unpaired) electrons. The van der Waals surface area contributed by atoms with Gasteiger partial charge in [0.1, 0.15) is 11.6 Å². The van der Waals surface area contributed by atoms with Crippen molar-refractivity contribution in [1.82, 2.24) is 10.6 Å². The van der Waals surface area contributed by atoms with E-state index in [0.717, 1.165) is 19.4 Å². The Hall–Kier alpha value is -1.14. The van der Waals surface area contributed by atoms with Crippen LogP contribution >= 0.6 is 0 Å². The maximum atomic E-state index is 12.2. The Kier molecular flexibility index (Phi) is 9.99. The van der Waals surface area contributed by atoms with E-state index < -0.39 is 11.6 Å². The zero-order chi connectivity index (χ0) is 16.3. The van der Waals surface area contributed by atoms with Gasteiger partial charge in [0.25, 0.3) is 0 Å².